The minimum Gasteiger partial charge on any atom is -0.441 e. The van der Waals surface area contributed by atoms with Gasteiger partial charge in [0.25, 0.3) is 0 Å². The van der Waals surface area contributed by atoms with E-state index in [1.165, 1.54) is 16.8 Å². The molecule has 1 fully saturated rings. The lowest BCUT2D eigenvalue weighted by Crippen LogP contribution is -2.43. The lowest BCUT2D eigenvalue weighted by Gasteiger charge is -2.31. The Balaban J connectivity index is 2.14. The number of aryl methyl sites for hydroxylation is 3. The van der Waals surface area contributed by atoms with E-state index in [1.807, 2.05) is 6.92 Å². The topological polar surface area (TPSA) is 41.3 Å². The Morgan fingerprint density at radius 1 is 1.22 bits per heavy atom. The van der Waals surface area contributed by atoms with Gasteiger partial charge in [0.05, 0.1) is 0 Å². The third kappa shape index (κ3) is 1.77. The van der Waals surface area contributed by atoms with E-state index in [0.29, 0.717) is 0 Å². The molecule has 4 heteroatoms. The molecule has 0 bridgehead atoms. The van der Waals surface area contributed by atoms with Crippen LogP contribution >= 0.6 is 0 Å². The molecule has 0 atom stereocenters. The number of anilines is 1. The molecule has 2 heterocycles. The van der Waals surface area contributed by atoms with E-state index in [0.717, 1.165) is 43.2 Å². The van der Waals surface area contributed by atoms with Gasteiger partial charge in [0, 0.05) is 44.4 Å². The zero-order chi connectivity index (χ0) is 12.7. The van der Waals surface area contributed by atoms with Gasteiger partial charge >= 0.3 is 0 Å². The highest BCUT2D eigenvalue weighted by Crippen LogP contribution is 2.31. The Kier molecular flexibility index (Phi) is 2.74. The fraction of sp³-hybridized carbons (Fsp3) is 0.500. The SMILES string of the molecule is Cc1nc2c(C)c(N3CCNCC3)cc(C)c2o1. The number of piperazine rings is 1. The molecule has 4 nitrogen and oxygen atoms in total. The van der Waals surface area contributed by atoms with Crippen LogP contribution in [0, 0.1) is 20.8 Å². The Labute approximate surface area is 107 Å². The predicted octanol–water partition coefficient (Wildman–Crippen LogP) is 2.16. The summed E-state index contributed by atoms with van der Waals surface area (Å²) < 4.78 is 5.68. The average Bonchev–Trinajstić information content (AvgIpc) is 2.78. The molecule has 1 saturated heterocycles. The van der Waals surface area contributed by atoms with Gasteiger partial charge in [-0.1, -0.05) is 0 Å². The van der Waals surface area contributed by atoms with Crippen molar-refractivity contribution in [1.82, 2.24) is 10.3 Å². The van der Waals surface area contributed by atoms with Crippen LogP contribution in [0.25, 0.3) is 11.1 Å². The minimum absolute atomic E-state index is 0.744. The van der Waals surface area contributed by atoms with E-state index in [2.05, 4.69) is 35.1 Å². The number of oxazole rings is 1. The highest BCUT2D eigenvalue weighted by atomic mass is 16.3. The summed E-state index contributed by atoms with van der Waals surface area (Å²) in [6, 6.07) is 2.23. The van der Waals surface area contributed by atoms with Crippen LogP contribution in [0.3, 0.4) is 0 Å². The van der Waals surface area contributed by atoms with Crippen molar-refractivity contribution in [2.24, 2.45) is 0 Å². The third-order valence-electron chi connectivity index (χ3n) is 3.64. The van der Waals surface area contributed by atoms with E-state index < -0.39 is 0 Å². The van der Waals surface area contributed by atoms with Gasteiger partial charge in [-0.25, -0.2) is 4.98 Å². The molecule has 0 aliphatic carbocycles. The van der Waals surface area contributed by atoms with Crippen molar-refractivity contribution < 1.29 is 4.42 Å². The van der Waals surface area contributed by atoms with E-state index in [-0.39, 0.29) is 0 Å². The van der Waals surface area contributed by atoms with Crippen LogP contribution in [-0.4, -0.2) is 31.2 Å². The molecule has 0 amide bonds. The highest BCUT2D eigenvalue weighted by Gasteiger charge is 2.18. The van der Waals surface area contributed by atoms with Crippen molar-refractivity contribution >= 4 is 16.8 Å². The number of aromatic nitrogens is 1. The molecule has 96 valence electrons. The molecule has 1 aromatic heterocycles. The number of nitrogens with zero attached hydrogens (tertiary/aromatic N) is 2. The van der Waals surface area contributed by atoms with Crippen molar-refractivity contribution in [1.29, 1.82) is 0 Å². The standard InChI is InChI=1S/C14H19N3O/c1-9-8-12(17-6-4-15-5-7-17)10(2)13-14(9)18-11(3)16-13/h8,15H,4-7H2,1-3H3. The molecular weight excluding hydrogens is 226 g/mol. The van der Waals surface area contributed by atoms with Gasteiger partial charge in [-0.05, 0) is 25.5 Å². The summed E-state index contributed by atoms with van der Waals surface area (Å²) in [7, 11) is 0. The molecular formula is C14H19N3O. The first-order valence-electron chi connectivity index (χ1n) is 6.50. The summed E-state index contributed by atoms with van der Waals surface area (Å²) in [6.07, 6.45) is 0. The third-order valence-corrected chi connectivity index (χ3v) is 3.64. The number of hydrogen-bond donors (Lipinski definition) is 1. The number of hydrogen-bond acceptors (Lipinski definition) is 4. The van der Waals surface area contributed by atoms with E-state index in [9.17, 15) is 0 Å². The quantitative estimate of drug-likeness (QED) is 0.836. The van der Waals surface area contributed by atoms with Gasteiger partial charge in [-0.2, -0.15) is 0 Å². The first-order valence-corrected chi connectivity index (χ1v) is 6.50. The highest BCUT2D eigenvalue weighted by molar-refractivity contribution is 5.85. The first-order chi connectivity index (χ1) is 8.66. The number of rotatable bonds is 1. The summed E-state index contributed by atoms with van der Waals surface area (Å²) in [5.74, 6) is 0.744. The summed E-state index contributed by atoms with van der Waals surface area (Å²) in [5.41, 5.74) is 5.65. The number of fused-ring (bicyclic) bond motifs is 1. The van der Waals surface area contributed by atoms with Gasteiger partial charge in [0.2, 0.25) is 0 Å². The fourth-order valence-electron chi connectivity index (χ4n) is 2.68. The van der Waals surface area contributed by atoms with Crippen molar-refractivity contribution in [3.8, 4) is 0 Å². The van der Waals surface area contributed by atoms with Crippen molar-refractivity contribution in [2.75, 3.05) is 31.1 Å². The van der Waals surface area contributed by atoms with Gasteiger partial charge < -0.3 is 14.6 Å². The van der Waals surface area contributed by atoms with E-state index >= 15 is 0 Å². The van der Waals surface area contributed by atoms with E-state index in [1.54, 1.807) is 0 Å². The molecule has 0 spiro atoms. The van der Waals surface area contributed by atoms with Gasteiger partial charge in [-0.3, -0.25) is 0 Å². The Morgan fingerprint density at radius 2 is 1.94 bits per heavy atom. The predicted molar refractivity (Wildman–Crippen MR) is 73.3 cm³/mol. The number of nitrogens with one attached hydrogen (secondary N) is 1. The molecule has 1 aliphatic rings. The minimum atomic E-state index is 0.744. The Hall–Kier alpha value is -1.55. The fourth-order valence-corrected chi connectivity index (χ4v) is 2.68. The molecule has 1 aliphatic heterocycles. The van der Waals surface area contributed by atoms with Gasteiger partial charge in [0.1, 0.15) is 5.52 Å². The monoisotopic (exact) mass is 245 g/mol. The van der Waals surface area contributed by atoms with Gasteiger partial charge in [0.15, 0.2) is 11.5 Å². The molecule has 1 aromatic carbocycles. The lowest BCUT2D eigenvalue weighted by molar-refractivity contribution is 0.559. The molecule has 18 heavy (non-hydrogen) atoms. The molecule has 1 N–H and O–H groups in total. The van der Waals surface area contributed by atoms with E-state index in [4.69, 9.17) is 4.42 Å². The first kappa shape index (κ1) is 11.5. The summed E-state index contributed by atoms with van der Waals surface area (Å²) in [4.78, 5) is 6.95. The van der Waals surface area contributed by atoms with Crippen LogP contribution in [0.5, 0.6) is 0 Å². The van der Waals surface area contributed by atoms with Crippen LogP contribution in [0.1, 0.15) is 17.0 Å². The molecule has 0 radical (unpaired) electrons. The maximum Gasteiger partial charge on any atom is 0.192 e. The second kappa shape index (κ2) is 4.28. The zero-order valence-electron chi connectivity index (χ0n) is 11.2. The lowest BCUT2D eigenvalue weighted by atomic mass is 10.1. The smallest absolute Gasteiger partial charge is 0.192 e. The molecule has 2 aromatic rings. The molecule has 0 saturated carbocycles. The van der Waals surface area contributed by atoms with Gasteiger partial charge in [-0.15, -0.1) is 0 Å². The normalized spacial score (nSPS) is 16.5. The van der Waals surface area contributed by atoms with Crippen molar-refractivity contribution in [3.05, 3.63) is 23.1 Å². The van der Waals surface area contributed by atoms with Crippen molar-refractivity contribution in [2.45, 2.75) is 20.8 Å². The summed E-state index contributed by atoms with van der Waals surface area (Å²) >= 11 is 0. The van der Waals surface area contributed by atoms with Crippen LogP contribution in [0.15, 0.2) is 10.5 Å². The largest absolute Gasteiger partial charge is 0.441 e. The van der Waals surface area contributed by atoms with Crippen LogP contribution in [0.4, 0.5) is 5.69 Å². The summed E-state index contributed by atoms with van der Waals surface area (Å²) in [6.45, 7) is 10.4. The zero-order valence-corrected chi connectivity index (χ0v) is 11.2. The molecule has 0 unspecified atom stereocenters. The Bertz CT molecular complexity index is 582. The Morgan fingerprint density at radius 3 is 2.67 bits per heavy atom. The van der Waals surface area contributed by atoms with Crippen LogP contribution in [-0.2, 0) is 0 Å². The summed E-state index contributed by atoms with van der Waals surface area (Å²) in [5, 5.41) is 3.38. The average molecular weight is 245 g/mol. The number of benzene rings is 1. The van der Waals surface area contributed by atoms with Crippen LogP contribution in [0.2, 0.25) is 0 Å². The maximum absolute atomic E-state index is 5.68. The maximum atomic E-state index is 5.68. The second-order valence-electron chi connectivity index (χ2n) is 4.99. The second-order valence-corrected chi connectivity index (χ2v) is 4.99. The molecule has 3 rings (SSSR count). The van der Waals surface area contributed by atoms with Crippen molar-refractivity contribution in [3.63, 3.8) is 0 Å². The van der Waals surface area contributed by atoms with Crippen LogP contribution < -0.4 is 10.2 Å².